The Morgan fingerprint density at radius 3 is 3.07 bits per heavy atom. The van der Waals surface area contributed by atoms with Crippen LogP contribution in [-0.2, 0) is 17.9 Å². The maximum atomic E-state index is 5.05. The van der Waals surface area contributed by atoms with Crippen LogP contribution < -0.4 is 5.32 Å². The minimum Gasteiger partial charge on any atom is -0.378 e. The summed E-state index contributed by atoms with van der Waals surface area (Å²) in [4.78, 5) is 6.86. The van der Waals surface area contributed by atoms with Gasteiger partial charge in [0.1, 0.15) is 5.01 Å². The van der Waals surface area contributed by atoms with E-state index in [9.17, 15) is 0 Å². The first kappa shape index (κ1) is 11.0. The first-order chi connectivity index (χ1) is 7.29. The third-order valence-corrected chi connectivity index (χ3v) is 3.53. The highest BCUT2D eigenvalue weighted by Gasteiger charge is 2.21. The summed E-state index contributed by atoms with van der Waals surface area (Å²) in [7, 11) is 3.86. The van der Waals surface area contributed by atoms with E-state index in [1.54, 1.807) is 18.4 Å². The van der Waals surface area contributed by atoms with Crippen LogP contribution in [0.25, 0.3) is 0 Å². The molecule has 0 radical (unpaired) electrons. The van der Waals surface area contributed by atoms with Crippen LogP contribution in [0.15, 0.2) is 5.38 Å². The first-order valence-corrected chi connectivity index (χ1v) is 6.00. The molecule has 5 heteroatoms. The molecule has 0 spiro atoms. The molecule has 1 fully saturated rings. The van der Waals surface area contributed by atoms with E-state index in [1.165, 1.54) is 0 Å². The first-order valence-electron chi connectivity index (χ1n) is 5.12. The summed E-state index contributed by atoms with van der Waals surface area (Å²) in [5.74, 6) is 0. The summed E-state index contributed by atoms with van der Waals surface area (Å²) in [5.41, 5.74) is 1.15. The van der Waals surface area contributed by atoms with E-state index in [2.05, 4.69) is 27.6 Å². The molecule has 0 unspecified atom stereocenters. The van der Waals surface area contributed by atoms with Crippen LogP contribution in [0.1, 0.15) is 10.7 Å². The lowest BCUT2D eigenvalue weighted by Crippen LogP contribution is -2.55. The van der Waals surface area contributed by atoms with Crippen molar-refractivity contribution in [2.24, 2.45) is 0 Å². The fraction of sp³-hybridized carbons (Fsp3) is 0.700. The highest BCUT2D eigenvalue weighted by atomic mass is 32.1. The van der Waals surface area contributed by atoms with Crippen LogP contribution in [0.2, 0.25) is 0 Å². The Hall–Kier alpha value is -0.490. The summed E-state index contributed by atoms with van der Waals surface area (Å²) in [6.45, 7) is 3.77. The molecule has 0 aliphatic carbocycles. The van der Waals surface area contributed by atoms with Crippen molar-refractivity contribution in [2.75, 3.05) is 27.2 Å². The Morgan fingerprint density at radius 2 is 2.47 bits per heavy atom. The van der Waals surface area contributed by atoms with Gasteiger partial charge in [-0.25, -0.2) is 4.98 Å². The SMILES string of the molecule is COCc1nc(CN(C)C2CNC2)cs1. The van der Waals surface area contributed by atoms with E-state index >= 15 is 0 Å². The summed E-state index contributed by atoms with van der Waals surface area (Å²) < 4.78 is 5.05. The van der Waals surface area contributed by atoms with Crippen molar-refractivity contribution in [1.82, 2.24) is 15.2 Å². The predicted molar refractivity (Wildman–Crippen MR) is 61.0 cm³/mol. The second-order valence-electron chi connectivity index (χ2n) is 3.89. The molecule has 0 amide bonds. The maximum Gasteiger partial charge on any atom is 0.119 e. The summed E-state index contributed by atoms with van der Waals surface area (Å²) in [6, 6.07) is 0.678. The van der Waals surface area contributed by atoms with Crippen molar-refractivity contribution >= 4 is 11.3 Å². The number of hydrogen-bond acceptors (Lipinski definition) is 5. The van der Waals surface area contributed by atoms with E-state index in [-0.39, 0.29) is 0 Å². The van der Waals surface area contributed by atoms with Gasteiger partial charge in [0.25, 0.3) is 0 Å². The molecule has 1 aliphatic rings. The zero-order chi connectivity index (χ0) is 10.7. The van der Waals surface area contributed by atoms with Gasteiger partial charge in [-0.1, -0.05) is 0 Å². The normalized spacial score (nSPS) is 17.0. The molecule has 84 valence electrons. The van der Waals surface area contributed by atoms with E-state index < -0.39 is 0 Å². The second-order valence-corrected chi connectivity index (χ2v) is 4.84. The molecule has 1 aliphatic heterocycles. The minimum absolute atomic E-state index is 0.624. The standard InChI is InChI=1S/C10H17N3OS/c1-13(9-3-11-4-9)5-8-7-15-10(12-8)6-14-2/h7,9,11H,3-6H2,1-2H3. The van der Waals surface area contributed by atoms with Gasteiger partial charge in [-0.05, 0) is 7.05 Å². The number of hydrogen-bond donors (Lipinski definition) is 1. The highest BCUT2D eigenvalue weighted by molar-refractivity contribution is 7.09. The maximum absolute atomic E-state index is 5.05. The minimum atomic E-state index is 0.624. The Morgan fingerprint density at radius 1 is 1.67 bits per heavy atom. The molecule has 0 bridgehead atoms. The number of aromatic nitrogens is 1. The summed E-state index contributed by atoms with van der Waals surface area (Å²) in [6.07, 6.45) is 0. The Bertz CT molecular complexity index is 311. The molecule has 0 aromatic carbocycles. The quantitative estimate of drug-likeness (QED) is 0.803. The van der Waals surface area contributed by atoms with Crippen LogP contribution in [0.3, 0.4) is 0 Å². The number of rotatable bonds is 5. The number of methoxy groups -OCH3 is 1. The van der Waals surface area contributed by atoms with Crippen molar-refractivity contribution in [3.05, 3.63) is 16.1 Å². The fourth-order valence-corrected chi connectivity index (χ4v) is 2.34. The lowest BCUT2D eigenvalue weighted by molar-refractivity contribution is 0.170. The molecule has 2 rings (SSSR count). The Balaban J connectivity index is 1.86. The van der Waals surface area contributed by atoms with Crippen LogP contribution in [0.4, 0.5) is 0 Å². The largest absolute Gasteiger partial charge is 0.378 e. The van der Waals surface area contributed by atoms with Crippen LogP contribution in [-0.4, -0.2) is 43.2 Å². The molecule has 1 N–H and O–H groups in total. The molecule has 1 saturated heterocycles. The second kappa shape index (κ2) is 5.03. The van der Waals surface area contributed by atoms with Crippen molar-refractivity contribution in [1.29, 1.82) is 0 Å². The zero-order valence-electron chi connectivity index (χ0n) is 9.19. The average molecular weight is 227 g/mol. The van der Waals surface area contributed by atoms with E-state index in [0.717, 1.165) is 30.3 Å². The van der Waals surface area contributed by atoms with Gasteiger partial charge in [0.2, 0.25) is 0 Å². The van der Waals surface area contributed by atoms with E-state index in [0.29, 0.717) is 12.6 Å². The number of likely N-dealkylation sites (N-methyl/N-ethyl adjacent to an activating group) is 1. The van der Waals surface area contributed by atoms with Gasteiger partial charge in [0, 0.05) is 38.2 Å². The molecule has 0 atom stereocenters. The Kier molecular flexibility index (Phi) is 3.69. The van der Waals surface area contributed by atoms with Crippen LogP contribution in [0.5, 0.6) is 0 Å². The van der Waals surface area contributed by atoms with Gasteiger partial charge in [0.05, 0.1) is 12.3 Å². The molecular formula is C10H17N3OS. The fourth-order valence-electron chi connectivity index (χ4n) is 1.58. The molecule has 1 aromatic rings. The monoisotopic (exact) mass is 227 g/mol. The van der Waals surface area contributed by atoms with Gasteiger partial charge in [-0.2, -0.15) is 0 Å². The van der Waals surface area contributed by atoms with E-state index in [4.69, 9.17) is 4.74 Å². The van der Waals surface area contributed by atoms with Crippen molar-refractivity contribution in [3.8, 4) is 0 Å². The van der Waals surface area contributed by atoms with Gasteiger partial charge in [-0.15, -0.1) is 11.3 Å². The molecule has 1 aromatic heterocycles. The third-order valence-electron chi connectivity index (χ3n) is 2.66. The summed E-state index contributed by atoms with van der Waals surface area (Å²) in [5, 5.41) is 6.46. The topological polar surface area (TPSA) is 37.4 Å². The van der Waals surface area contributed by atoms with E-state index in [1.807, 2.05) is 0 Å². The Labute approximate surface area is 94.3 Å². The number of ether oxygens (including phenoxy) is 1. The average Bonchev–Trinajstić information content (AvgIpc) is 2.49. The van der Waals surface area contributed by atoms with Crippen LogP contribution in [0, 0.1) is 0 Å². The number of nitrogens with zero attached hydrogens (tertiary/aromatic N) is 2. The van der Waals surface area contributed by atoms with Crippen molar-refractivity contribution in [2.45, 2.75) is 19.2 Å². The lowest BCUT2D eigenvalue weighted by atomic mass is 10.1. The van der Waals surface area contributed by atoms with Gasteiger partial charge < -0.3 is 10.1 Å². The van der Waals surface area contributed by atoms with Crippen LogP contribution >= 0.6 is 11.3 Å². The van der Waals surface area contributed by atoms with Crippen molar-refractivity contribution < 1.29 is 4.74 Å². The molecule has 15 heavy (non-hydrogen) atoms. The highest BCUT2D eigenvalue weighted by Crippen LogP contribution is 2.14. The zero-order valence-corrected chi connectivity index (χ0v) is 10.0. The smallest absolute Gasteiger partial charge is 0.119 e. The molecular weight excluding hydrogens is 210 g/mol. The van der Waals surface area contributed by atoms with Crippen molar-refractivity contribution in [3.63, 3.8) is 0 Å². The molecule has 4 nitrogen and oxygen atoms in total. The molecule has 2 heterocycles. The molecule has 0 saturated carbocycles. The third kappa shape index (κ3) is 2.75. The predicted octanol–water partition coefficient (Wildman–Crippen LogP) is 0.693. The lowest BCUT2D eigenvalue weighted by Gasteiger charge is -2.35. The van der Waals surface area contributed by atoms with Gasteiger partial charge in [0.15, 0.2) is 0 Å². The summed E-state index contributed by atoms with van der Waals surface area (Å²) >= 11 is 1.68. The van der Waals surface area contributed by atoms with Gasteiger partial charge >= 0.3 is 0 Å². The number of thiazole rings is 1. The number of nitrogens with one attached hydrogen (secondary N) is 1. The van der Waals surface area contributed by atoms with Gasteiger partial charge in [-0.3, -0.25) is 4.90 Å².